The Morgan fingerprint density at radius 3 is 2.64 bits per heavy atom. The van der Waals surface area contributed by atoms with Crippen LogP contribution < -0.4 is 5.32 Å². The number of benzene rings is 1. The standard InChI is InChI=1S/C19H18F2N2O4S/c1-3-27-19(26)16-12-6-7-23(10(2)24)9-15(12)28-18(16)22-17(25)11-4-5-13(20)14(21)8-11/h4-5,8H,3,6-7,9H2,1-2H3,(H,22,25). The number of thiophene rings is 1. The van der Waals surface area contributed by atoms with Crippen LogP contribution in [0.1, 0.15) is 45.0 Å². The molecule has 2 aromatic rings. The second kappa shape index (κ2) is 8.05. The minimum atomic E-state index is -1.14. The third kappa shape index (κ3) is 3.89. The van der Waals surface area contributed by atoms with Crippen LogP contribution in [0, 0.1) is 11.6 Å². The van der Waals surface area contributed by atoms with Crippen molar-refractivity contribution in [2.75, 3.05) is 18.5 Å². The van der Waals surface area contributed by atoms with E-state index in [-0.39, 0.29) is 28.6 Å². The fourth-order valence-corrected chi connectivity index (χ4v) is 4.24. The lowest BCUT2D eigenvalue weighted by atomic mass is 10.0. The highest BCUT2D eigenvalue weighted by molar-refractivity contribution is 7.17. The van der Waals surface area contributed by atoms with Crippen molar-refractivity contribution >= 4 is 34.1 Å². The van der Waals surface area contributed by atoms with Gasteiger partial charge in [0, 0.05) is 23.9 Å². The number of carbonyl (C=O) groups is 3. The molecule has 1 aromatic carbocycles. The molecule has 0 saturated heterocycles. The van der Waals surface area contributed by atoms with Gasteiger partial charge in [-0.25, -0.2) is 13.6 Å². The first-order chi connectivity index (χ1) is 13.3. The smallest absolute Gasteiger partial charge is 0.341 e. The summed E-state index contributed by atoms with van der Waals surface area (Å²) in [6, 6.07) is 2.81. The predicted octanol–water partition coefficient (Wildman–Crippen LogP) is 3.36. The molecule has 0 bridgehead atoms. The molecule has 0 unspecified atom stereocenters. The highest BCUT2D eigenvalue weighted by Crippen LogP contribution is 2.38. The summed E-state index contributed by atoms with van der Waals surface area (Å²) in [6.07, 6.45) is 0.459. The molecule has 3 rings (SSSR count). The second-order valence-electron chi connectivity index (χ2n) is 6.20. The van der Waals surface area contributed by atoms with Crippen LogP contribution in [-0.2, 0) is 22.5 Å². The topological polar surface area (TPSA) is 75.7 Å². The van der Waals surface area contributed by atoms with Gasteiger partial charge in [0.25, 0.3) is 5.91 Å². The SMILES string of the molecule is CCOC(=O)c1c(NC(=O)c2ccc(F)c(F)c2)sc2c1CCN(C(C)=O)C2. The first-order valence-electron chi connectivity index (χ1n) is 8.65. The van der Waals surface area contributed by atoms with Gasteiger partial charge in [0.1, 0.15) is 5.00 Å². The van der Waals surface area contributed by atoms with Gasteiger partial charge in [0.2, 0.25) is 5.91 Å². The van der Waals surface area contributed by atoms with E-state index in [2.05, 4.69) is 5.32 Å². The number of nitrogens with zero attached hydrogens (tertiary/aromatic N) is 1. The van der Waals surface area contributed by atoms with Crippen LogP contribution in [0.2, 0.25) is 0 Å². The van der Waals surface area contributed by atoms with Gasteiger partial charge in [0.05, 0.1) is 18.7 Å². The minimum Gasteiger partial charge on any atom is -0.462 e. The molecular weight excluding hydrogens is 390 g/mol. The number of nitrogens with one attached hydrogen (secondary N) is 1. The lowest BCUT2D eigenvalue weighted by Gasteiger charge is -2.25. The zero-order valence-electron chi connectivity index (χ0n) is 15.3. The van der Waals surface area contributed by atoms with Crippen molar-refractivity contribution in [3.05, 3.63) is 51.4 Å². The van der Waals surface area contributed by atoms with Crippen LogP contribution in [0.4, 0.5) is 13.8 Å². The summed E-state index contributed by atoms with van der Waals surface area (Å²) in [7, 11) is 0. The molecule has 28 heavy (non-hydrogen) atoms. The first kappa shape index (κ1) is 19.9. The third-order valence-electron chi connectivity index (χ3n) is 4.39. The van der Waals surface area contributed by atoms with Crippen molar-refractivity contribution in [1.29, 1.82) is 0 Å². The van der Waals surface area contributed by atoms with E-state index in [4.69, 9.17) is 4.74 Å². The summed E-state index contributed by atoms with van der Waals surface area (Å²) in [5, 5.41) is 2.87. The van der Waals surface area contributed by atoms with Crippen LogP contribution >= 0.6 is 11.3 Å². The Bertz CT molecular complexity index is 958. The van der Waals surface area contributed by atoms with Gasteiger partial charge in [0.15, 0.2) is 11.6 Å². The number of esters is 1. The maximum Gasteiger partial charge on any atom is 0.341 e. The number of carbonyl (C=O) groups excluding carboxylic acids is 3. The van der Waals surface area contributed by atoms with E-state index in [1.165, 1.54) is 18.3 Å². The number of hydrogen-bond acceptors (Lipinski definition) is 5. The van der Waals surface area contributed by atoms with E-state index in [0.717, 1.165) is 28.6 Å². The maximum absolute atomic E-state index is 13.4. The second-order valence-corrected chi connectivity index (χ2v) is 7.31. The molecule has 0 atom stereocenters. The number of anilines is 1. The van der Waals surface area contributed by atoms with Crippen LogP contribution in [0.5, 0.6) is 0 Å². The van der Waals surface area contributed by atoms with Gasteiger partial charge in [-0.2, -0.15) is 0 Å². The Hall–Kier alpha value is -2.81. The molecule has 6 nitrogen and oxygen atoms in total. The van der Waals surface area contributed by atoms with Gasteiger partial charge in [-0.05, 0) is 37.1 Å². The summed E-state index contributed by atoms with van der Waals surface area (Å²) >= 11 is 1.17. The average molecular weight is 408 g/mol. The van der Waals surface area contributed by atoms with E-state index < -0.39 is 23.5 Å². The van der Waals surface area contributed by atoms with Gasteiger partial charge in [-0.15, -0.1) is 11.3 Å². The molecule has 0 radical (unpaired) electrons. The van der Waals surface area contributed by atoms with Crippen molar-refractivity contribution in [3.63, 3.8) is 0 Å². The number of halogens is 2. The number of amides is 2. The Morgan fingerprint density at radius 1 is 1.25 bits per heavy atom. The summed E-state index contributed by atoms with van der Waals surface area (Å²) in [6.45, 7) is 4.11. The molecule has 1 aromatic heterocycles. The lowest BCUT2D eigenvalue weighted by molar-refractivity contribution is -0.129. The maximum atomic E-state index is 13.4. The van der Waals surface area contributed by atoms with Crippen LogP contribution in [0.3, 0.4) is 0 Å². The molecular formula is C19H18F2N2O4S. The van der Waals surface area contributed by atoms with E-state index >= 15 is 0 Å². The largest absolute Gasteiger partial charge is 0.462 e. The molecule has 1 aliphatic heterocycles. The quantitative estimate of drug-likeness (QED) is 0.788. The summed E-state index contributed by atoms with van der Waals surface area (Å²) in [4.78, 5) is 39.1. The number of fused-ring (bicyclic) bond motifs is 1. The van der Waals surface area contributed by atoms with E-state index in [1.807, 2.05) is 0 Å². The van der Waals surface area contributed by atoms with Gasteiger partial charge >= 0.3 is 5.97 Å². The molecule has 0 saturated carbocycles. The average Bonchev–Trinajstić information content (AvgIpc) is 3.00. The minimum absolute atomic E-state index is 0.0783. The van der Waals surface area contributed by atoms with Crippen molar-refractivity contribution in [1.82, 2.24) is 4.90 Å². The summed E-state index contributed by atoms with van der Waals surface area (Å²) in [5.74, 6) is -3.52. The molecule has 2 heterocycles. The van der Waals surface area contributed by atoms with Gasteiger partial charge in [-0.1, -0.05) is 0 Å². The van der Waals surface area contributed by atoms with Gasteiger partial charge in [-0.3, -0.25) is 9.59 Å². The van der Waals surface area contributed by atoms with Crippen molar-refractivity contribution in [2.45, 2.75) is 26.8 Å². The van der Waals surface area contributed by atoms with Gasteiger partial charge < -0.3 is 15.0 Å². The third-order valence-corrected chi connectivity index (χ3v) is 5.52. The Morgan fingerprint density at radius 2 is 2.00 bits per heavy atom. The molecule has 0 fully saturated rings. The Balaban J connectivity index is 1.95. The van der Waals surface area contributed by atoms with E-state index in [0.29, 0.717) is 19.5 Å². The van der Waals surface area contributed by atoms with Crippen molar-refractivity contribution in [3.8, 4) is 0 Å². The molecule has 1 N–H and O–H groups in total. The van der Waals surface area contributed by atoms with E-state index in [1.54, 1.807) is 11.8 Å². The molecule has 2 amide bonds. The first-order valence-corrected chi connectivity index (χ1v) is 9.47. The zero-order valence-corrected chi connectivity index (χ0v) is 16.1. The normalized spacial score (nSPS) is 13.1. The Kier molecular flexibility index (Phi) is 5.73. The molecule has 1 aliphatic rings. The number of hydrogen-bond donors (Lipinski definition) is 1. The molecule has 148 valence electrons. The molecule has 0 aliphatic carbocycles. The zero-order chi connectivity index (χ0) is 20.4. The number of ether oxygens (including phenoxy) is 1. The van der Waals surface area contributed by atoms with E-state index in [9.17, 15) is 23.2 Å². The Labute approximate surface area is 164 Å². The summed E-state index contributed by atoms with van der Waals surface area (Å²) in [5.41, 5.74) is 0.910. The van der Waals surface area contributed by atoms with Crippen molar-refractivity contribution < 1.29 is 27.9 Å². The molecule has 0 spiro atoms. The van der Waals surface area contributed by atoms with Crippen LogP contribution in [0.15, 0.2) is 18.2 Å². The fraction of sp³-hybridized carbons (Fsp3) is 0.316. The highest BCUT2D eigenvalue weighted by atomic mass is 32.1. The summed E-state index contributed by atoms with van der Waals surface area (Å²) < 4.78 is 31.6. The highest BCUT2D eigenvalue weighted by Gasteiger charge is 2.30. The monoisotopic (exact) mass is 408 g/mol. The predicted molar refractivity (Wildman–Crippen MR) is 99.4 cm³/mol. The fourth-order valence-electron chi connectivity index (χ4n) is 2.99. The molecule has 9 heteroatoms. The number of rotatable bonds is 4. The van der Waals surface area contributed by atoms with Crippen LogP contribution in [-0.4, -0.2) is 35.8 Å². The van der Waals surface area contributed by atoms with Crippen LogP contribution in [0.25, 0.3) is 0 Å². The van der Waals surface area contributed by atoms with Crippen molar-refractivity contribution in [2.24, 2.45) is 0 Å². The lowest BCUT2D eigenvalue weighted by Crippen LogP contribution is -2.34.